The maximum Gasteiger partial charge on any atom is 0.501 e. The van der Waals surface area contributed by atoms with Gasteiger partial charge in [0.05, 0.1) is 22.3 Å². The number of allylic oxidation sites excluding steroid dienone is 1. The highest BCUT2D eigenvalue weighted by molar-refractivity contribution is 7.92. The molecule has 3 aromatic carbocycles. The van der Waals surface area contributed by atoms with Crippen LogP contribution in [0.5, 0.6) is 11.5 Å². The fourth-order valence-electron chi connectivity index (χ4n) is 10.3. The predicted octanol–water partition coefficient (Wildman–Crippen LogP) is 9.71. The molecule has 1 saturated carbocycles. The first-order valence-corrected chi connectivity index (χ1v) is 28.6. The van der Waals surface area contributed by atoms with Gasteiger partial charge in [-0.15, -0.1) is 0 Å². The second-order valence-corrected chi connectivity index (χ2v) is 24.9. The number of carbonyl (C=O) groups is 2. The summed E-state index contributed by atoms with van der Waals surface area (Å²) >= 11 is 6.28. The number of aromatic nitrogens is 2. The highest BCUT2D eigenvalue weighted by Crippen LogP contribution is 2.55. The number of carbonyl (C=O) groups excluding carboxylic acids is 2. The van der Waals surface area contributed by atoms with E-state index >= 15 is 0 Å². The van der Waals surface area contributed by atoms with Crippen LogP contribution in [0.15, 0.2) is 101 Å². The van der Waals surface area contributed by atoms with Crippen molar-refractivity contribution in [3.63, 3.8) is 0 Å². The largest absolute Gasteiger partial charge is 0.501 e. The van der Waals surface area contributed by atoms with E-state index in [0.29, 0.717) is 85.5 Å². The van der Waals surface area contributed by atoms with Gasteiger partial charge in [-0.3, -0.25) is 14.6 Å². The van der Waals surface area contributed by atoms with Crippen molar-refractivity contribution in [3.05, 3.63) is 107 Å². The van der Waals surface area contributed by atoms with Crippen LogP contribution >= 0.6 is 11.6 Å². The fourth-order valence-corrected chi connectivity index (χ4v) is 12.5. The maximum atomic E-state index is 14.2. The summed E-state index contributed by atoms with van der Waals surface area (Å²) in [4.78, 5) is 40.0. The lowest BCUT2D eigenvalue weighted by Gasteiger charge is -2.47. The molecule has 16 nitrogen and oxygen atoms in total. The van der Waals surface area contributed by atoms with E-state index in [-0.39, 0.29) is 23.6 Å². The quantitative estimate of drug-likeness (QED) is 0.0843. The number of fused-ring (bicyclic) bond motifs is 1. The topological polar surface area (TPSA) is 187 Å². The van der Waals surface area contributed by atoms with E-state index in [1.807, 2.05) is 16.9 Å². The molecule has 2 aliphatic carbocycles. The predicted molar refractivity (Wildman–Crippen MR) is 281 cm³/mol. The number of benzene rings is 3. The van der Waals surface area contributed by atoms with Gasteiger partial charge in [0, 0.05) is 93.8 Å². The molecule has 2 aromatic heterocycles. The van der Waals surface area contributed by atoms with Crippen LogP contribution in [0.2, 0.25) is 5.02 Å². The highest BCUT2D eigenvalue weighted by Gasteiger charge is 2.48. The number of H-pyrrole nitrogens is 1. The van der Waals surface area contributed by atoms with E-state index in [0.717, 1.165) is 44.6 Å². The number of hydrogen-bond donors (Lipinski definition) is 3. The van der Waals surface area contributed by atoms with Gasteiger partial charge in [0.25, 0.3) is 25.8 Å². The zero-order valence-corrected chi connectivity index (χ0v) is 44.5. The van der Waals surface area contributed by atoms with Gasteiger partial charge in [-0.2, -0.15) is 13.2 Å². The molecule has 4 aliphatic rings. The van der Waals surface area contributed by atoms with Crippen LogP contribution in [-0.4, -0.2) is 137 Å². The Balaban J connectivity index is 0.895. The minimum Gasteiger partial charge on any atom is -0.455 e. The second kappa shape index (κ2) is 21.6. The molecule has 0 radical (unpaired) electrons. The minimum atomic E-state index is -6.10. The lowest BCUT2D eigenvalue weighted by molar-refractivity contribution is -0.0436. The number of nitrogens with one attached hydrogen (secondary N) is 3. The van der Waals surface area contributed by atoms with Crippen molar-refractivity contribution >= 4 is 71.4 Å². The number of hydrogen-bond acceptors (Lipinski definition) is 13. The van der Waals surface area contributed by atoms with Crippen molar-refractivity contribution in [2.75, 3.05) is 82.2 Å². The van der Waals surface area contributed by atoms with Gasteiger partial charge < -0.3 is 29.6 Å². The van der Waals surface area contributed by atoms with Crippen LogP contribution < -0.4 is 19.7 Å². The number of nitrogens with zero attached hydrogens (tertiary/aromatic N) is 5. The first kappa shape index (κ1) is 53.9. The molecule has 2 aliphatic heterocycles. The zero-order chi connectivity index (χ0) is 53.3. The summed E-state index contributed by atoms with van der Waals surface area (Å²) in [7, 11) is -11.1. The van der Waals surface area contributed by atoms with E-state index in [1.165, 1.54) is 54.7 Å². The molecular formula is C53H62ClF3N8O8S2. The number of sulfone groups is 1. The number of halogens is 4. The van der Waals surface area contributed by atoms with Crippen LogP contribution in [0, 0.1) is 5.41 Å². The lowest BCUT2D eigenvalue weighted by atomic mass is 9.59. The molecule has 0 atom stereocenters. The molecule has 4 heterocycles. The van der Waals surface area contributed by atoms with E-state index < -0.39 is 58.4 Å². The Bertz CT molecular complexity index is 3180. The molecule has 1 spiro atoms. The lowest BCUT2D eigenvalue weighted by Crippen LogP contribution is -2.50. The van der Waals surface area contributed by atoms with Gasteiger partial charge in [-0.1, -0.05) is 35.7 Å². The molecule has 5 aromatic rings. The van der Waals surface area contributed by atoms with Gasteiger partial charge in [0.1, 0.15) is 27.6 Å². The molecule has 9 rings (SSSR count). The number of sulfonamides is 1. The third-order valence-corrected chi connectivity index (χ3v) is 17.7. The molecule has 75 heavy (non-hydrogen) atoms. The summed E-state index contributed by atoms with van der Waals surface area (Å²) in [5, 5.41) is 4.15. The van der Waals surface area contributed by atoms with Crippen molar-refractivity contribution in [3.8, 4) is 11.5 Å². The van der Waals surface area contributed by atoms with Gasteiger partial charge in [0.15, 0.2) is 0 Å². The molecular weight excluding hydrogens is 1030 g/mol. The summed E-state index contributed by atoms with van der Waals surface area (Å²) in [5.74, 6) is -0.950. The zero-order valence-electron chi connectivity index (χ0n) is 42.1. The Morgan fingerprint density at radius 1 is 0.853 bits per heavy atom. The van der Waals surface area contributed by atoms with Crippen LogP contribution in [0.4, 0.5) is 29.3 Å². The number of anilines is 2. The Morgan fingerprint density at radius 2 is 1.57 bits per heavy atom. The third kappa shape index (κ3) is 12.5. The molecule has 402 valence electrons. The highest BCUT2D eigenvalue weighted by atomic mass is 35.5. The maximum absolute atomic E-state index is 14.2. The first-order valence-electron chi connectivity index (χ1n) is 25.2. The van der Waals surface area contributed by atoms with Crippen molar-refractivity contribution < 1.29 is 49.1 Å². The molecule has 0 bridgehead atoms. The van der Waals surface area contributed by atoms with Crippen LogP contribution in [0.1, 0.15) is 81.6 Å². The van der Waals surface area contributed by atoms with E-state index in [4.69, 9.17) is 21.1 Å². The number of ether oxygens (including phenoxy) is 2. The van der Waals surface area contributed by atoms with Crippen molar-refractivity contribution in [2.24, 2.45) is 5.41 Å². The Labute approximate surface area is 440 Å². The average molecular weight is 1100 g/mol. The summed E-state index contributed by atoms with van der Waals surface area (Å²) in [6.07, 6.45) is 10.2. The van der Waals surface area contributed by atoms with E-state index in [9.17, 15) is 39.6 Å². The van der Waals surface area contributed by atoms with Crippen LogP contribution in [-0.2, 0) is 24.6 Å². The molecule has 2 saturated heterocycles. The summed E-state index contributed by atoms with van der Waals surface area (Å²) in [6.45, 7) is 11.4. The minimum absolute atomic E-state index is 0.0194. The number of alkyl halides is 3. The SMILES string of the molecule is CC(C)(C)OC(=O)N1CCN(CCCNc2ccc(S(=O)(=O)NC(=O)c3ccc(N4CCN(CC5=C(c6ccc(Cl)cc6)CC6(CCC6)CC5)CC4)cc3Oc3cnc4[nH]ccc4c3)cc2S(=O)(=O)C(F)(F)F)CC1. The van der Waals surface area contributed by atoms with Crippen molar-refractivity contribution in [1.29, 1.82) is 0 Å². The van der Waals surface area contributed by atoms with Gasteiger partial charge in [-0.05, 0) is 137 Å². The monoisotopic (exact) mass is 1090 g/mol. The Morgan fingerprint density at radius 3 is 2.25 bits per heavy atom. The van der Waals surface area contributed by atoms with Crippen LogP contribution in [0.3, 0.4) is 0 Å². The molecule has 3 N–H and O–H groups in total. The van der Waals surface area contributed by atoms with Crippen LogP contribution in [0.25, 0.3) is 16.6 Å². The number of pyridine rings is 1. The normalized spacial score (nSPS) is 18.0. The number of rotatable bonds is 15. The van der Waals surface area contributed by atoms with Gasteiger partial charge in [-0.25, -0.2) is 31.3 Å². The van der Waals surface area contributed by atoms with Crippen molar-refractivity contribution in [1.82, 2.24) is 29.4 Å². The van der Waals surface area contributed by atoms with E-state index in [2.05, 4.69) is 42.1 Å². The smallest absolute Gasteiger partial charge is 0.455 e. The third-order valence-electron chi connectivity index (χ3n) is 14.6. The average Bonchev–Trinajstić information content (AvgIpc) is 3.83. The summed E-state index contributed by atoms with van der Waals surface area (Å²) < 4.78 is 110. The Kier molecular flexibility index (Phi) is 15.6. The molecule has 22 heteroatoms. The second-order valence-electron chi connectivity index (χ2n) is 20.9. The summed E-state index contributed by atoms with van der Waals surface area (Å²) in [6, 6.07) is 18.6. The van der Waals surface area contributed by atoms with Gasteiger partial charge in [0.2, 0.25) is 0 Å². The molecule has 2 amide bonds. The number of aromatic amines is 1. The van der Waals surface area contributed by atoms with E-state index in [1.54, 1.807) is 56.1 Å². The molecule has 0 unspecified atom stereocenters. The van der Waals surface area contributed by atoms with Gasteiger partial charge >= 0.3 is 11.6 Å². The Hall–Kier alpha value is -5.87. The fraction of sp³-hybridized carbons (Fsp3) is 0.453. The summed E-state index contributed by atoms with van der Waals surface area (Å²) in [5.41, 5.74) is -1.31. The first-order chi connectivity index (χ1) is 35.5. The number of piperazine rings is 2. The van der Waals surface area contributed by atoms with Crippen molar-refractivity contribution in [2.45, 2.75) is 86.6 Å². The molecule has 3 fully saturated rings. The standard InChI is InChI=1S/C53H62ClF3N8O8S2/c1-51(2,3)73-50(67)65-28-22-62(23-29-65)21-5-19-58-45-13-11-42(32-47(45)74(68,69)53(55,56)57)75(70,71)61-49(66)43-12-10-40(31-46(43)72-41-30-37-15-20-59-48(37)60-34-41)64-26-24-63(25-27-64)35-38-14-18-52(16-4-17-52)33-44(38)36-6-8-39(54)9-7-36/h6-13,15,20,30-32,34,58H,4-5,14,16-19,21-29,33,35H2,1-3H3,(H,59,60)(H,61,66). The number of amides is 2.